The highest BCUT2D eigenvalue weighted by Gasteiger charge is 2.28. The number of carboxylic acid groups (broad SMARTS) is 1. The van der Waals surface area contributed by atoms with Gasteiger partial charge in [-0.3, -0.25) is 4.79 Å². The fraction of sp³-hybridized carbons (Fsp3) is 0.385. The Morgan fingerprint density at radius 2 is 1.95 bits per heavy atom. The number of amides is 2. The molecule has 2 rings (SSSR count). The molecular weight excluding hydrogens is 383 g/mol. The molecule has 1 saturated heterocycles. The van der Waals surface area contributed by atoms with Gasteiger partial charge in [0.15, 0.2) is 0 Å². The maximum Gasteiger partial charge on any atom is 0.321 e. The number of hydrogen-bond acceptors (Lipinski definition) is 2. The smallest absolute Gasteiger partial charge is 0.321 e. The zero-order valence-corrected chi connectivity index (χ0v) is 14.0. The van der Waals surface area contributed by atoms with Gasteiger partial charge in [0.05, 0.1) is 21.7 Å². The standard InChI is InChI=1S/C13H13BrCl2N2O3/c14-8-4-9(15)11(10(16)5-8)17-13(21)18-3-1-2-7(6-18)12(19)20/h4-5,7H,1-3,6H2,(H,17,21)(H,19,20). The lowest BCUT2D eigenvalue weighted by Crippen LogP contribution is -2.44. The van der Waals surface area contributed by atoms with Gasteiger partial charge in [0.1, 0.15) is 0 Å². The Bertz CT molecular complexity index is 560. The third-order valence-corrected chi connectivity index (χ3v) is 4.35. The van der Waals surface area contributed by atoms with Crippen LogP contribution in [0.2, 0.25) is 10.0 Å². The molecular formula is C13H13BrCl2N2O3. The molecule has 0 saturated carbocycles. The van der Waals surface area contributed by atoms with Crippen molar-refractivity contribution in [3.8, 4) is 0 Å². The second-order valence-electron chi connectivity index (χ2n) is 4.80. The first kappa shape index (κ1) is 16.4. The molecule has 1 aromatic rings. The number of nitrogens with zero attached hydrogens (tertiary/aromatic N) is 1. The summed E-state index contributed by atoms with van der Waals surface area (Å²) >= 11 is 15.4. The quantitative estimate of drug-likeness (QED) is 0.792. The van der Waals surface area contributed by atoms with Crippen molar-refractivity contribution in [3.63, 3.8) is 0 Å². The number of rotatable bonds is 2. The molecule has 2 N–H and O–H groups in total. The highest BCUT2D eigenvalue weighted by Crippen LogP contribution is 2.34. The predicted molar refractivity (Wildman–Crippen MR) is 85.1 cm³/mol. The van der Waals surface area contributed by atoms with Crippen molar-refractivity contribution < 1.29 is 14.7 Å². The van der Waals surface area contributed by atoms with Gasteiger partial charge in [-0.2, -0.15) is 0 Å². The Morgan fingerprint density at radius 3 is 2.52 bits per heavy atom. The number of aliphatic carboxylic acids is 1. The molecule has 1 aromatic carbocycles. The first-order valence-corrected chi connectivity index (χ1v) is 7.86. The van der Waals surface area contributed by atoms with Crippen molar-refractivity contribution in [2.24, 2.45) is 5.92 Å². The summed E-state index contributed by atoms with van der Waals surface area (Å²) in [6.45, 7) is 0.703. The van der Waals surface area contributed by atoms with Gasteiger partial charge in [0.25, 0.3) is 0 Å². The number of piperidine rings is 1. The summed E-state index contributed by atoms with van der Waals surface area (Å²) in [6, 6.07) is 2.85. The van der Waals surface area contributed by atoms with Crippen LogP contribution in [-0.4, -0.2) is 35.1 Å². The molecule has 0 bridgehead atoms. The van der Waals surface area contributed by atoms with Crippen molar-refractivity contribution in [3.05, 3.63) is 26.7 Å². The summed E-state index contributed by atoms with van der Waals surface area (Å²) in [5.41, 5.74) is 0.323. The van der Waals surface area contributed by atoms with E-state index < -0.39 is 17.9 Å². The van der Waals surface area contributed by atoms with E-state index in [1.807, 2.05) is 0 Å². The van der Waals surface area contributed by atoms with E-state index >= 15 is 0 Å². The number of carbonyl (C=O) groups is 2. The number of carboxylic acids is 1. The van der Waals surface area contributed by atoms with E-state index in [9.17, 15) is 9.59 Å². The molecule has 1 fully saturated rings. The van der Waals surface area contributed by atoms with Crippen LogP contribution in [-0.2, 0) is 4.79 Å². The molecule has 1 aliphatic rings. The molecule has 114 valence electrons. The van der Waals surface area contributed by atoms with Crippen molar-refractivity contribution in [1.82, 2.24) is 4.90 Å². The van der Waals surface area contributed by atoms with E-state index in [4.69, 9.17) is 28.3 Å². The lowest BCUT2D eigenvalue weighted by atomic mass is 9.99. The molecule has 8 heteroatoms. The average molecular weight is 396 g/mol. The lowest BCUT2D eigenvalue weighted by Gasteiger charge is -2.30. The van der Waals surface area contributed by atoms with E-state index in [-0.39, 0.29) is 6.54 Å². The van der Waals surface area contributed by atoms with Crippen LogP contribution in [0.15, 0.2) is 16.6 Å². The monoisotopic (exact) mass is 394 g/mol. The second-order valence-corrected chi connectivity index (χ2v) is 6.53. The van der Waals surface area contributed by atoms with Crippen LogP contribution in [0.3, 0.4) is 0 Å². The highest BCUT2D eigenvalue weighted by molar-refractivity contribution is 9.10. The molecule has 0 spiro atoms. The second kappa shape index (κ2) is 6.85. The third-order valence-electron chi connectivity index (χ3n) is 3.30. The molecule has 21 heavy (non-hydrogen) atoms. The Kier molecular flexibility index (Phi) is 5.35. The topological polar surface area (TPSA) is 69.6 Å². The van der Waals surface area contributed by atoms with Crippen molar-refractivity contribution in [2.45, 2.75) is 12.8 Å². The summed E-state index contributed by atoms with van der Waals surface area (Å²) in [6.07, 6.45) is 1.24. The van der Waals surface area contributed by atoms with E-state index in [2.05, 4.69) is 21.2 Å². The molecule has 2 amide bonds. The minimum Gasteiger partial charge on any atom is -0.481 e. The fourth-order valence-corrected chi connectivity index (χ4v) is 3.51. The lowest BCUT2D eigenvalue weighted by molar-refractivity contribution is -0.143. The molecule has 0 aromatic heterocycles. The molecule has 0 radical (unpaired) electrons. The van der Waals surface area contributed by atoms with Crippen LogP contribution in [0.4, 0.5) is 10.5 Å². The summed E-state index contributed by atoms with van der Waals surface area (Å²) in [5.74, 6) is -1.41. The van der Waals surface area contributed by atoms with Crippen LogP contribution >= 0.6 is 39.1 Å². The number of carbonyl (C=O) groups excluding carboxylic acids is 1. The van der Waals surface area contributed by atoms with Gasteiger partial charge in [-0.1, -0.05) is 39.1 Å². The summed E-state index contributed by atoms with van der Waals surface area (Å²) in [4.78, 5) is 24.7. The maximum absolute atomic E-state index is 12.2. The first-order valence-electron chi connectivity index (χ1n) is 6.31. The van der Waals surface area contributed by atoms with Crippen LogP contribution in [0.25, 0.3) is 0 Å². The van der Waals surface area contributed by atoms with Gasteiger partial charge in [-0.05, 0) is 25.0 Å². The Hall–Kier alpha value is -0.980. The van der Waals surface area contributed by atoms with Crippen molar-refractivity contribution >= 4 is 56.8 Å². The van der Waals surface area contributed by atoms with E-state index in [0.29, 0.717) is 39.6 Å². The maximum atomic E-state index is 12.2. The average Bonchev–Trinajstić information content (AvgIpc) is 2.42. The van der Waals surface area contributed by atoms with Gasteiger partial charge in [-0.15, -0.1) is 0 Å². The minimum absolute atomic E-state index is 0.187. The Labute approximate surface area is 140 Å². The summed E-state index contributed by atoms with van der Waals surface area (Å²) in [5, 5.41) is 12.3. The number of likely N-dealkylation sites (tertiary alicyclic amines) is 1. The normalized spacial score (nSPS) is 18.4. The fourth-order valence-electron chi connectivity index (χ4n) is 2.21. The van der Waals surface area contributed by atoms with Crippen LogP contribution in [0, 0.1) is 5.92 Å². The number of nitrogens with one attached hydrogen (secondary N) is 1. The Balaban J connectivity index is 2.10. The largest absolute Gasteiger partial charge is 0.481 e. The van der Waals surface area contributed by atoms with E-state index in [0.717, 1.165) is 0 Å². The minimum atomic E-state index is -0.882. The number of urea groups is 1. The van der Waals surface area contributed by atoms with E-state index in [1.165, 1.54) is 4.90 Å². The number of hydrogen-bond donors (Lipinski definition) is 2. The zero-order valence-electron chi connectivity index (χ0n) is 10.9. The van der Waals surface area contributed by atoms with Crippen LogP contribution < -0.4 is 5.32 Å². The SMILES string of the molecule is O=C(O)C1CCCN(C(=O)Nc2c(Cl)cc(Br)cc2Cl)C1. The Morgan fingerprint density at radius 1 is 1.33 bits per heavy atom. The first-order chi connectivity index (χ1) is 9.88. The summed E-state index contributed by atoms with van der Waals surface area (Å²) in [7, 11) is 0. The number of anilines is 1. The summed E-state index contributed by atoms with van der Waals surface area (Å²) < 4.78 is 0.708. The zero-order chi connectivity index (χ0) is 15.6. The molecule has 1 aliphatic heterocycles. The van der Waals surface area contributed by atoms with Crippen LogP contribution in [0.5, 0.6) is 0 Å². The van der Waals surface area contributed by atoms with Crippen LogP contribution in [0.1, 0.15) is 12.8 Å². The van der Waals surface area contributed by atoms with Crippen molar-refractivity contribution in [2.75, 3.05) is 18.4 Å². The van der Waals surface area contributed by atoms with Gasteiger partial charge < -0.3 is 15.3 Å². The highest BCUT2D eigenvalue weighted by atomic mass is 79.9. The molecule has 1 heterocycles. The molecule has 0 aliphatic carbocycles. The number of benzene rings is 1. The van der Waals surface area contributed by atoms with Crippen molar-refractivity contribution in [1.29, 1.82) is 0 Å². The van der Waals surface area contributed by atoms with Gasteiger partial charge in [0.2, 0.25) is 0 Å². The molecule has 1 atom stereocenters. The molecule has 1 unspecified atom stereocenters. The number of halogens is 3. The van der Waals surface area contributed by atoms with E-state index in [1.54, 1.807) is 12.1 Å². The van der Waals surface area contributed by atoms with Gasteiger partial charge in [-0.25, -0.2) is 4.79 Å². The van der Waals surface area contributed by atoms with Gasteiger partial charge in [0, 0.05) is 17.6 Å². The third kappa shape index (κ3) is 4.02. The predicted octanol–water partition coefficient (Wildman–Crippen LogP) is 4.08. The van der Waals surface area contributed by atoms with Gasteiger partial charge >= 0.3 is 12.0 Å². The molecule has 5 nitrogen and oxygen atoms in total.